The van der Waals surface area contributed by atoms with E-state index in [0.717, 1.165) is 18.4 Å². The second-order valence-corrected chi connectivity index (χ2v) is 4.08. The van der Waals surface area contributed by atoms with E-state index < -0.39 is 0 Å². The lowest BCUT2D eigenvalue weighted by Crippen LogP contribution is -2.07. The number of aromatic nitrogens is 3. The number of anilines is 1. The number of nitrogens with two attached hydrogens (primary N) is 1. The van der Waals surface area contributed by atoms with Gasteiger partial charge in [-0.25, -0.2) is 9.37 Å². The number of nitrogens with zero attached hydrogens (tertiary/aromatic N) is 3. The van der Waals surface area contributed by atoms with E-state index in [0.29, 0.717) is 18.1 Å². The van der Waals surface area contributed by atoms with Gasteiger partial charge in [0.25, 0.3) is 0 Å². The van der Waals surface area contributed by atoms with Crippen LogP contribution in [0.5, 0.6) is 0 Å². The summed E-state index contributed by atoms with van der Waals surface area (Å²) in [5.74, 6) is 1.32. The minimum atomic E-state index is -0.249. The molecule has 18 heavy (non-hydrogen) atoms. The maximum Gasteiger partial charge on any atom is 0.223 e. The van der Waals surface area contributed by atoms with E-state index >= 15 is 0 Å². The van der Waals surface area contributed by atoms with Crippen molar-refractivity contribution in [1.82, 2.24) is 15.0 Å². The maximum atomic E-state index is 12.8. The molecule has 0 fully saturated rings. The van der Waals surface area contributed by atoms with E-state index in [1.165, 1.54) is 12.1 Å². The van der Waals surface area contributed by atoms with Crippen LogP contribution in [0.1, 0.15) is 30.6 Å². The Hall–Kier alpha value is -2.04. The lowest BCUT2D eigenvalue weighted by Gasteiger charge is -2.04. The molecule has 4 nitrogen and oxygen atoms in total. The Bertz CT molecular complexity index is 525. The summed E-state index contributed by atoms with van der Waals surface area (Å²) in [6, 6.07) is 6.28. The summed E-state index contributed by atoms with van der Waals surface area (Å²) in [4.78, 5) is 12.5. The standard InChI is InChI=1S/C13H15FN4/c1-2-3-11-16-12(18-13(15)17-11)8-9-4-6-10(14)7-5-9/h4-7H,2-3,8H2,1H3,(H2,15,16,17,18). The van der Waals surface area contributed by atoms with Crippen LogP contribution < -0.4 is 5.73 Å². The van der Waals surface area contributed by atoms with Gasteiger partial charge < -0.3 is 5.73 Å². The third kappa shape index (κ3) is 3.23. The highest BCUT2D eigenvalue weighted by Crippen LogP contribution is 2.09. The van der Waals surface area contributed by atoms with Crippen molar-refractivity contribution >= 4 is 5.95 Å². The zero-order valence-corrected chi connectivity index (χ0v) is 10.2. The molecule has 1 heterocycles. The number of rotatable bonds is 4. The third-order valence-electron chi connectivity index (χ3n) is 2.49. The molecule has 0 atom stereocenters. The maximum absolute atomic E-state index is 12.8. The second-order valence-electron chi connectivity index (χ2n) is 4.08. The van der Waals surface area contributed by atoms with Crippen LogP contribution in [0.2, 0.25) is 0 Å². The zero-order chi connectivity index (χ0) is 13.0. The smallest absolute Gasteiger partial charge is 0.223 e. The molecule has 0 aliphatic rings. The molecule has 0 radical (unpaired) electrons. The van der Waals surface area contributed by atoms with E-state index in [9.17, 15) is 4.39 Å². The highest BCUT2D eigenvalue weighted by Gasteiger charge is 2.05. The van der Waals surface area contributed by atoms with Crippen molar-refractivity contribution in [2.75, 3.05) is 5.73 Å². The van der Waals surface area contributed by atoms with Gasteiger partial charge in [0.15, 0.2) is 0 Å². The first-order valence-electron chi connectivity index (χ1n) is 5.91. The first-order chi connectivity index (χ1) is 8.67. The average Bonchev–Trinajstić information content (AvgIpc) is 2.32. The molecule has 0 aliphatic carbocycles. The number of aryl methyl sites for hydroxylation is 1. The van der Waals surface area contributed by atoms with Gasteiger partial charge in [-0.3, -0.25) is 0 Å². The summed E-state index contributed by atoms with van der Waals surface area (Å²) >= 11 is 0. The van der Waals surface area contributed by atoms with E-state index in [1.807, 2.05) is 0 Å². The van der Waals surface area contributed by atoms with Crippen molar-refractivity contribution in [1.29, 1.82) is 0 Å². The molecule has 0 aliphatic heterocycles. The number of hydrogen-bond acceptors (Lipinski definition) is 4. The first-order valence-corrected chi connectivity index (χ1v) is 5.91. The Morgan fingerprint density at radius 2 is 1.72 bits per heavy atom. The van der Waals surface area contributed by atoms with Gasteiger partial charge in [0.2, 0.25) is 5.95 Å². The van der Waals surface area contributed by atoms with Crippen LogP contribution >= 0.6 is 0 Å². The van der Waals surface area contributed by atoms with E-state index in [4.69, 9.17) is 5.73 Å². The number of hydrogen-bond donors (Lipinski definition) is 1. The number of benzene rings is 1. The van der Waals surface area contributed by atoms with Gasteiger partial charge in [0.1, 0.15) is 17.5 Å². The molecule has 0 spiro atoms. The van der Waals surface area contributed by atoms with Crippen LogP contribution in [0.15, 0.2) is 24.3 Å². The third-order valence-corrected chi connectivity index (χ3v) is 2.49. The Morgan fingerprint density at radius 3 is 2.39 bits per heavy atom. The summed E-state index contributed by atoms with van der Waals surface area (Å²) in [5, 5.41) is 0. The molecule has 1 aromatic carbocycles. The quantitative estimate of drug-likeness (QED) is 0.897. The Labute approximate surface area is 105 Å². The van der Waals surface area contributed by atoms with E-state index in [1.54, 1.807) is 12.1 Å². The highest BCUT2D eigenvalue weighted by molar-refractivity contribution is 5.23. The molecular formula is C13H15FN4. The fraction of sp³-hybridized carbons (Fsp3) is 0.308. The van der Waals surface area contributed by atoms with Gasteiger partial charge in [-0.15, -0.1) is 0 Å². The SMILES string of the molecule is CCCc1nc(N)nc(Cc2ccc(F)cc2)n1. The van der Waals surface area contributed by atoms with Gasteiger partial charge in [-0.05, 0) is 24.1 Å². The van der Waals surface area contributed by atoms with Crippen LogP contribution in [0, 0.1) is 5.82 Å². The molecule has 0 unspecified atom stereocenters. The summed E-state index contributed by atoms with van der Waals surface area (Å²) in [7, 11) is 0. The average molecular weight is 246 g/mol. The van der Waals surface area contributed by atoms with Crippen LogP contribution in [0.3, 0.4) is 0 Å². The van der Waals surface area contributed by atoms with Gasteiger partial charge in [-0.2, -0.15) is 9.97 Å². The predicted molar refractivity (Wildman–Crippen MR) is 67.4 cm³/mol. The minimum Gasteiger partial charge on any atom is -0.368 e. The molecular weight excluding hydrogens is 231 g/mol. The van der Waals surface area contributed by atoms with Gasteiger partial charge in [0, 0.05) is 12.8 Å². The Morgan fingerprint density at radius 1 is 1.06 bits per heavy atom. The molecule has 2 aromatic rings. The molecule has 1 aromatic heterocycles. The first kappa shape index (κ1) is 12.4. The minimum absolute atomic E-state index is 0.241. The van der Waals surface area contributed by atoms with E-state index in [2.05, 4.69) is 21.9 Å². The molecule has 94 valence electrons. The van der Waals surface area contributed by atoms with Crippen LogP contribution in [0.25, 0.3) is 0 Å². The lowest BCUT2D eigenvalue weighted by atomic mass is 10.1. The van der Waals surface area contributed by atoms with Gasteiger partial charge in [-0.1, -0.05) is 19.1 Å². The monoisotopic (exact) mass is 246 g/mol. The molecule has 0 saturated heterocycles. The lowest BCUT2D eigenvalue weighted by molar-refractivity contribution is 0.627. The van der Waals surface area contributed by atoms with Crippen LogP contribution in [-0.2, 0) is 12.8 Å². The summed E-state index contributed by atoms with van der Waals surface area (Å²) < 4.78 is 12.8. The number of nitrogen functional groups attached to an aromatic ring is 1. The van der Waals surface area contributed by atoms with Crippen molar-refractivity contribution < 1.29 is 4.39 Å². The van der Waals surface area contributed by atoms with Crippen LogP contribution in [-0.4, -0.2) is 15.0 Å². The molecule has 2 rings (SSSR count). The molecule has 5 heteroatoms. The fourth-order valence-electron chi connectivity index (χ4n) is 1.69. The zero-order valence-electron chi connectivity index (χ0n) is 10.2. The second kappa shape index (κ2) is 5.53. The fourth-order valence-corrected chi connectivity index (χ4v) is 1.69. The predicted octanol–water partition coefficient (Wildman–Crippen LogP) is 2.14. The normalized spacial score (nSPS) is 10.6. The van der Waals surface area contributed by atoms with E-state index in [-0.39, 0.29) is 11.8 Å². The molecule has 0 bridgehead atoms. The Balaban J connectivity index is 2.20. The molecule has 0 saturated carbocycles. The van der Waals surface area contributed by atoms with Crippen molar-refractivity contribution in [3.63, 3.8) is 0 Å². The topological polar surface area (TPSA) is 64.7 Å². The summed E-state index contributed by atoms with van der Waals surface area (Å²) in [6.07, 6.45) is 2.27. The van der Waals surface area contributed by atoms with Gasteiger partial charge >= 0.3 is 0 Å². The molecule has 2 N–H and O–H groups in total. The Kier molecular flexibility index (Phi) is 3.82. The van der Waals surface area contributed by atoms with Crippen molar-refractivity contribution in [3.8, 4) is 0 Å². The largest absolute Gasteiger partial charge is 0.368 e. The van der Waals surface area contributed by atoms with Crippen molar-refractivity contribution in [2.24, 2.45) is 0 Å². The van der Waals surface area contributed by atoms with Gasteiger partial charge in [0.05, 0.1) is 0 Å². The van der Waals surface area contributed by atoms with Crippen LogP contribution in [0.4, 0.5) is 10.3 Å². The molecule has 0 amide bonds. The van der Waals surface area contributed by atoms with Crippen molar-refractivity contribution in [2.45, 2.75) is 26.2 Å². The van der Waals surface area contributed by atoms with Crippen molar-refractivity contribution in [3.05, 3.63) is 47.3 Å². The summed E-state index contributed by atoms with van der Waals surface area (Å²) in [6.45, 7) is 2.06. The highest BCUT2D eigenvalue weighted by atomic mass is 19.1. The summed E-state index contributed by atoms with van der Waals surface area (Å²) in [5.41, 5.74) is 6.59. The number of halogens is 1.